The van der Waals surface area contributed by atoms with Crippen LogP contribution < -0.4 is 10.6 Å². The molecule has 3 aromatic heterocycles. The van der Waals surface area contributed by atoms with Gasteiger partial charge in [0.25, 0.3) is 5.91 Å². The van der Waals surface area contributed by atoms with Gasteiger partial charge in [-0.3, -0.25) is 4.79 Å². The smallest absolute Gasteiger partial charge is 0.261 e. The number of carbonyl (C=O) groups excluding carboxylic acids is 1. The first kappa shape index (κ1) is 18.3. The van der Waals surface area contributed by atoms with Crippen LogP contribution in [-0.2, 0) is 4.74 Å². The molecule has 0 aliphatic carbocycles. The lowest BCUT2D eigenvalue weighted by molar-refractivity contribution is 0.0904. The number of imidazole rings is 1. The fourth-order valence-corrected chi connectivity index (χ4v) is 3.53. The molecule has 4 heterocycles. The van der Waals surface area contributed by atoms with E-state index in [-0.39, 0.29) is 5.91 Å². The number of benzene rings is 1. The number of ether oxygens (including phenoxy) is 1. The van der Waals surface area contributed by atoms with Crippen molar-refractivity contribution in [3.05, 3.63) is 60.7 Å². The molecular formula is C21H21N7O2. The lowest BCUT2D eigenvalue weighted by Crippen LogP contribution is -2.28. The first-order valence-electron chi connectivity index (χ1n) is 9.86. The minimum absolute atomic E-state index is 0.266. The molecule has 0 saturated carbocycles. The van der Waals surface area contributed by atoms with Crippen LogP contribution in [0.15, 0.2) is 55.1 Å². The van der Waals surface area contributed by atoms with Gasteiger partial charge in [-0.05, 0) is 31.0 Å². The highest BCUT2D eigenvalue weighted by Crippen LogP contribution is 2.21. The van der Waals surface area contributed by atoms with E-state index in [9.17, 15) is 4.79 Å². The van der Waals surface area contributed by atoms with Crippen LogP contribution >= 0.6 is 0 Å². The number of nitrogens with one attached hydrogen (secondary N) is 3. The number of amides is 1. The monoisotopic (exact) mass is 403 g/mol. The number of nitrogens with zero attached hydrogens (tertiary/aromatic N) is 4. The van der Waals surface area contributed by atoms with E-state index < -0.39 is 0 Å². The van der Waals surface area contributed by atoms with Gasteiger partial charge in [0, 0.05) is 49.1 Å². The second-order valence-electron chi connectivity index (χ2n) is 7.14. The molecule has 1 saturated heterocycles. The van der Waals surface area contributed by atoms with Gasteiger partial charge in [-0.25, -0.2) is 14.5 Å². The Hall–Kier alpha value is -3.72. The number of hydrogen-bond donors (Lipinski definition) is 3. The molecule has 0 unspecified atom stereocenters. The van der Waals surface area contributed by atoms with E-state index >= 15 is 0 Å². The lowest BCUT2D eigenvalue weighted by atomic mass is 10.1. The maximum Gasteiger partial charge on any atom is 0.261 e. The lowest BCUT2D eigenvalue weighted by Gasteiger charge is -2.23. The van der Waals surface area contributed by atoms with E-state index in [1.807, 2.05) is 30.3 Å². The number of carbonyl (C=O) groups is 1. The largest absolute Gasteiger partial charge is 0.381 e. The summed E-state index contributed by atoms with van der Waals surface area (Å²) in [4.78, 5) is 24.9. The zero-order valence-corrected chi connectivity index (χ0v) is 16.2. The zero-order valence-electron chi connectivity index (χ0n) is 16.2. The molecule has 1 amide bonds. The van der Waals surface area contributed by atoms with E-state index in [1.165, 1.54) is 6.20 Å². The highest BCUT2D eigenvalue weighted by atomic mass is 16.5. The molecule has 1 aromatic carbocycles. The first-order valence-corrected chi connectivity index (χ1v) is 9.86. The molecule has 3 N–H and O–H groups in total. The Bertz CT molecular complexity index is 1160. The maximum absolute atomic E-state index is 12.9. The van der Waals surface area contributed by atoms with Gasteiger partial charge in [0.05, 0.1) is 6.20 Å². The Morgan fingerprint density at radius 3 is 2.97 bits per heavy atom. The van der Waals surface area contributed by atoms with Gasteiger partial charge in [0.15, 0.2) is 5.65 Å². The van der Waals surface area contributed by atoms with Crippen LogP contribution in [0.5, 0.6) is 0 Å². The van der Waals surface area contributed by atoms with E-state index in [0.29, 0.717) is 22.9 Å². The molecule has 9 heteroatoms. The fraction of sp³-hybridized carbons (Fsp3) is 0.238. The predicted molar refractivity (Wildman–Crippen MR) is 112 cm³/mol. The summed E-state index contributed by atoms with van der Waals surface area (Å²) in [6, 6.07) is 9.69. The molecule has 152 valence electrons. The van der Waals surface area contributed by atoms with Gasteiger partial charge in [-0.1, -0.05) is 12.1 Å². The average Bonchev–Trinajstić information content (AvgIpc) is 3.45. The third-order valence-corrected chi connectivity index (χ3v) is 5.08. The summed E-state index contributed by atoms with van der Waals surface area (Å²) in [5.74, 6) is 1.20. The highest BCUT2D eigenvalue weighted by molar-refractivity contribution is 6.08. The molecule has 5 rings (SSSR count). The fourth-order valence-electron chi connectivity index (χ4n) is 3.53. The number of fused-ring (bicyclic) bond motifs is 1. The first-order chi connectivity index (χ1) is 14.8. The van der Waals surface area contributed by atoms with Crippen LogP contribution in [0.3, 0.4) is 0 Å². The number of aromatic nitrogens is 5. The summed E-state index contributed by atoms with van der Waals surface area (Å²) in [5, 5.41) is 10.6. The van der Waals surface area contributed by atoms with Crippen molar-refractivity contribution in [2.24, 2.45) is 0 Å². The predicted octanol–water partition coefficient (Wildman–Crippen LogP) is 2.96. The quantitative estimate of drug-likeness (QED) is 0.473. The zero-order chi connectivity index (χ0) is 20.3. The summed E-state index contributed by atoms with van der Waals surface area (Å²) in [5.41, 5.74) is 2.48. The molecule has 0 radical (unpaired) electrons. The van der Waals surface area contributed by atoms with Crippen LogP contribution in [0.1, 0.15) is 23.2 Å². The Morgan fingerprint density at radius 1 is 1.23 bits per heavy atom. The number of rotatable bonds is 5. The van der Waals surface area contributed by atoms with Crippen molar-refractivity contribution in [3.63, 3.8) is 0 Å². The van der Waals surface area contributed by atoms with Gasteiger partial charge < -0.3 is 20.4 Å². The van der Waals surface area contributed by atoms with E-state index in [0.717, 1.165) is 43.3 Å². The minimum Gasteiger partial charge on any atom is -0.381 e. The Kier molecular flexibility index (Phi) is 4.86. The van der Waals surface area contributed by atoms with Crippen molar-refractivity contribution in [1.82, 2.24) is 24.6 Å². The van der Waals surface area contributed by atoms with Crippen LogP contribution in [0, 0.1) is 0 Å². The molecule has 9 nitrogen and oxygen atoms in total. The maximum atomic E-state index is 12.9. The summed E-state index contributed by atoms with van der Waals surface area (Å²) >= 11 is 0. The molecule has 4 aromatic rings. The summed E-state index contributed by atoms with van der Waals surface area (Å²) in [6.45, 7) is 1.49. The highest BCUT2D eigenvalue weighted by Gasteiger charge is 2.17. The Labute approximate surface area is 172 Å². The molecule has 1 aliphatic rings. The molecule has 0 spiro atoms. The average molecular weight is 403 g/mol. The molecule has 0 atom stereocenters. The normalized spacial score (nSPS) is 14.7. The van der Waals surface area contributed by atoms with Gasteiger partial charge in [0.1, 0.15) is 17.2 Å². The summed E-state index contributed by atoms with van der Waals surface area (Å²) in [6.07, 6.45) is 8.66. The molecule has 0 bridgehead atoms. The SMILES string of the molecule is O=C(Nc1cccc(-c2ncc[nH]2)c1)c1cnn2ccc(NC3CCOCC3)nc12. The van der Waals surface area contributed by atoms with Gasteiger partial charge >= 0.3 is 0 Å². The standard InChI is InChI=1S/C21H21N7O2/c29-21(26-16-3-1-2-14(12-16)19-22-7-8-23-19)17-13-24-28-9-4-18(27-20(17)28)25-15-5-10-30-11-6-15/h1-4,7-9,12-13,15H,5-6,10-11H2,(H,22,23)(H,25,27)(H,26,29). The Balaban J connectivity index is 1.37. The molecule has 1 fully saturated rings. The van der Waals surface area contributed by atoms with Crippen molar-refractivity contribution >= 4 is 23.1 Å². The topological polar surface area (TPSA) is 109 Å². The van der Waals surface area contributed by atoms with Crippen molar-refractivity contribution in [3.8, 4) is 11.4 Å². The van der Waals surface area contributed by atoms with Crippen LogP contribution in [0.25, 0.3) is 17.0 Å². The van der Waals surface area contributed by atoms with Crippen LogP contribution in [0.2, 0.25) is 0 Å². The number of hydrogen-bond acceptors (Lipinski definition) is 6. The van der Waals surface area contributed by atoms with Crippen molar-refractivity contribution < 1.29 is 9.53 Å². The van der Waals surface area contributed by atoms with Crippen LogP contribution in [-0.4, -0.2) is 49.7 Å². The van der Waals surface area contributed by atoms with Crippen molar-refractivity contribution in [2.75, 3.05) is 23.8 Å². The molecule has 30 heavy (non-hydrogen) atoms. The number of aromatic amines is 1. The summed E-state index contributed by atoms with van der Waals surface area (Å²) < 4.78 is 7.00. The van der Waals surface area contributed by atoms with Gasteiger partial charge in [-0.2, -0.15) is 5.10 Å². The third-order valence-electron chi connectivity index (χ3n) is 5.08. The van der Waals surface area contributed by atoms with Crippen molar-refractivity contribution in [2.45, 2.75) is 18.9 Å². The molecular weight excluding hydrogens is 382 g/mol. The minimum atomic E-state index is -0.266. The van der Waals surface area contributed by atoms with Gasteiger partial charge in [0.2, 0.25) is 0 Å². The third kappa shape index (κ3) is 3.74. The summed E-state index contributed by atoms with van der Waals surface area (Å²) in [7, 11) is 0. The Morgan fingerprint density at radius 2 is 2.13 bits per heavy atom. The number of H-pyrrole nitrogens is 1. The van der Waals surface area contributed by atoms with Crippen LogP contribution in [0.4, 0.5) is 11.5 Å². The van der Waals surface area contributed by atoms with E-state index in [1.54, 1.807) is 23.1 Å². The second kappa shape index (κ2) is 7.96. The second-order valence-corrected chi connectivity index (χ2v) is 7.14. The molecule has 1 aliphatic heterocycles. The van der Waals surface area contributed by atoms with Crippen molar-refractivity contribution in [1.29, 1.82) is 0 Å². The van der Waals surface area contributed by atoms with Gasteiger partial charge in [-0.15, -0.1) is 0 Å². The van der Waals surface area contributed by atoms with E-state index in [4.69, 9.17) is 4.74 Å². The number of anilines is 2. The van der Waals surface area contributed by atoms with E-state index in [2.05, 4.69) is 30.7 Å².